The second-order valence-electron chi connectivity index (χ2n) is 7.02. The Labute approximate surface area is 155 Å². The van der Waals surface area contributed by atoms with E-state index in [-0.39, 0.29) is 36.0 Å². The van der Waals surface area contributed by atoms with Crippen molar-refractivity contribution < 1.29 is 17.9 Å². The lowest BCUT2D eigenvalue weighted by molar-refractivity contribution is -0.135. The van der Waals surface area contributed by atoms with Crippen LogP contribution in [0, 0.1) is 0 Å². The zero-order valence-electron chi connectivity index (χ0n) is 15.4. The molecule has 2 atom stereocenters. The molecule has 0 bridgehead atoms. The molecule has 7 nitrogen and oxygen atoms in total. The normalized spacial score (nSPS) is 25.1. The van der Waals surface area contributed by atoms with Gasteiger partial charge in [-0.1, -0.05) is 18.2 Å². The number of anilines is 1. The lowest BCUT2D eigenvalue weighted by Gasteiger charge is -2.44. The number of methoxy groups -OCH3 is 1. The molecule has 8 heteroatoms. The third kappa shape index (κ3) is 4.19. The van der Waals surface area contributed by atoms with Gasteiger partial charge in [0.1, 0.15) is 0 Å². The van der Waals surface area contributed by atoms with E-state index in [4.69, 9.17) is 4.74 Å². The second-order valence-corrected chi connectivity index (χ2v) is 9.17. The monoisotopic (exact) mass is 381 g/mol. The van der Waals surface area contributed by atoms with Crippen LogP contribution in [0.4, 0.5) is 5.69 Å². The lowest BCUT2D eigenvalue weighted by Crippen LogP contribution is -2.62. The average Bonchev–Trinajstić information content (AvgIpc) is 2.95. The van der Waals surface area contributed by atoms with Crippen LogP contribution in [-0.4, -0.2) is 94.7 Å². The third-order valence-corrected chi connectivity index (χ3v) is 6.96. The van der Waals surface area contributed by atoms with Crippen molar-refractivity contribution in [2.45, 2.75) is 12.1 Å². The number of ether oxygens (including phenoxy) is 1. The van der Waals surface area contributed by atoms with Gasteiger partial charge < -0.3 is 14.5 Å². The molecule has 3 rings (SSSR count). The number of piperazine rings is 1. The van der Waals surface area contributed by atoms with E-state index in [0.29, 0.717) is 26.2 Å². The minimum Gasteiger partial charge on any atom is -0.383 e. The topological polar surface area (TPSA) is 70.2 Å². The number of hydrogen-bond donors (Lipinski definition) is 0. The summed E-state index contributed by atoms with van der Waals surface area (Å²) in [4.78, 5) is 18.7. The molecule has 2 saturated heterocycles. The molecule has 0 N–H and O–H groups in total. The Morgan fingerprint density at radius 1 is 1.19 bits per heavy atom. The minimum absolute atomic E-state index is 0.0187. The highest BCUT2D eigenvalue weighted by Crippen LogP contribution is 2.27. The van der Waals surface area contributed by atoms with Crippen molar-refractivity contribution in [3.05, 3.63) is 30.3 Å². The van der Waals surface area contributed by atoms with Crippen LogP contribution in [0.15, 0.2) is 30.3 Å². The molecule has 2 aliphatic heterocycles. The number of carbonyl (C=O) groups is 1. The largest absolute Gasteiger partial charge is 0.383 e. The van der Waals surface area contributed by atoms with Gasteiger partial charge in [-0.2, -0.15) is 0 Å². The second kappa shape index (κ2) is 7.94. The van der Waals surface area contributed by atoms with Crippen molar-refractivity contribution in [1.82, 2.24) is 9.80 Å². The Bertz CT molecular complexity index is 725. The molecule has 1 amide bonds. The Balaban J connectivity index is 1.70. The van der Waals surface area contributed by atoms with Gasteiger partial charge in [0.15, 0.2) is 9.84 Å². The molecular formula is C18H27N3O4S. The number of amides is 1. The highest BCUT2D eigenvalue weighted by Gasteiger charge is 2.47. The van der Waals surface area contributed by atoms with E-state index >= 15 is 0 Å². The van der Waals surface area contributed by atoms with E-state index in [1.807, 2.05) is 42.3 Å². The van der Waals surface area contributed by atoms with Crippen molar-refractivity contribution in [1.29, 1.82) is 0 Å². The molecule has 2 heterocycles. The summed E-state index contributed by atoms with van der Waals surface area (Å²) in [7, 11) is 0.397. The molecule has 2 aliphatic rings. The molecule has 2 unspecified atom stereocenters. The molecular weight excluding hydrogens is 354 g/mol. The van der Waals surface area contributed by atoms with E-state index in [9.17, 15) is 13.2 Å². The SMILES string of the molecule is COCCN1CCN(C(=O)CN(C)c2ccccc2)C2CS(=O)(=O)CC21. The molecule has 26 heavy (non-hydrogen) atoms. The van der Waals surface area contributed by atoms with Crippen molar-refractivity contribution in [2.24, 2.45) is 0 Å². The standard InChI is InChI=1S/C18H27N3O4S/c1-19(15-6-4-3-5-7-15)12-18(22)21-9-8-20(10-11-25-2)16-13-26(23,24)14-17(16)21/h3-7,16-17H,8-14H2,1-2H3. The summed E-state index contributed by atoms with van der Waals surface area (Å²) in [6.07, 6.45) is 0. The van der Waals surface area contributed by atoms with Crippen molar-refractivity contribution in [2.75, 3.05) is 63.3 Å². The maximum atomic E-state index is 12.9. The quantitative estimate of drug-likeness (QED) is 0.695. The van der Waals surface area contributed by atoms with Crippen LogP contribution in [-0.2, 0) is 19.4 Å². The highest BCUT2D eigenvalue weighted by molar-refractivity contribution is 7.91. The number of para-hydroxylation sites is 1. The fourth-order valence-corrected chi connectivity index (χ4v) is 5.90. The molecule has 0 radical (unpaired) electrons. The van der Waals surface area contributed by atoms with Crippen molar-refractivity contribution in [3.8, 4) is 0 Å². The summed E-state index contributed by atoms with van der Waals surface area (Å²) >= 11 is 0. The predicted octanol–water partition coefficient (Wildman–Crippen LogP) is 0.0790. The number of hydrogen-bond acceptors (Lipinski definition) is 6. The molecule has 0 aromatic heterocycles. The lowest BCUT2D eigenvalue weighted by atomic mass is 10.0. The molecule has 0 aliphatic carbocycles. The van der Waals surface area contributed by atoms with Crippen molar-refractivity contribution in [3.63, 3.8) is 0 Å². The molecule has 0 spiro atoms. The van der Waals surface area contributed by atoms with Crippen LogP contribution in [0.1, 0.15) is 0 Å². The Hall–Kier alpha value is -1.64. The van der Waals surface area contributed by atoms with Gasteiger partial charge in [0.25, 0.3) is 0 Å². The van der Waals surface area contributed by atoms with Crippen LogP contribution in [0.5, 0.6) is 0 Å². The van der Waals surface area contributed by atoms with E-state index in [0.717, 1.165) is 5.69 Å². The van der Waals surface area contributed by atoms with Crippen LogP contribution < -0.4 is 4.90 Å². The number of likely N-dealkylation sites (N-methyl/N-ethyl adjacent to an activating group) is 1. The Morgan fingerprint density at radius 2 is 1.88 bits per heavy atom. The van der Waals surface area contributed by atoms with Crippen molar-refractivity contribution >= 4 is 21.4 Å². The van der Waals surface area contributed by atoms with Gasteiger partial charge in [0, 0.05) is 45.5 Å². The number of benzene rings is 1. The summed E-state index contributed by atoms with van der Waals surface area (Å²) in [5.41, 5.74) is 0.968. The van der Waals surface area contributed by atoms with E-state index < -0.39 is 9.84 Å². The first kappa shape index (κ1) is 19.1. The van der Waals surface area contributed by atoms with Crippen LogP contribution in [0.3, 0.4) is 0 Å². The summed E-state index contributed by atoms with van der Waals surface area (Å²) in [6.45, 7) is 2.74. The first-order valence-electron chi connectivity index (χ1n) is 8.90. The molecule has 0 saturated carbocycles. The number of carbonyl (C=O) groups excluding carboxylic acids is 1. The summed E-state index contributed by atoms with van der Waals surface area (Å²) < 4.78 is 29.6. The first-order valence-corrected chi connectivity index (χ1v) is 10.7. The van der Waals surface area contributed by atoms with Gasteiger partial charge in [0.05, 0.1) is 30.7 Å². The minimum atomic E-state index is -3.12. The third-order valence-electron chi connectivity index (χ3n) is 5.26. The zero-order valence-corrected chi connectivity index (χ0v) is 16.2. The zero-order chi connectivity index (χ0) is 18.7. The van der Waals surface area contributed by atoms with E-state index in [1.54, 1.807) is 12.0 Å². The number of sulfone groups is 1. The number of rotatable bonds is 6. The summed E-state index contributed by atoms with van der Waals surface area (Å²) in [5, 5.41) is 0. The Morgan fingerprint density at radius 3 is 2.58 bits per heavy atom. The molecule has 144 valence electrons. The highest BCUT2D eigenvalue weighted by atomic mass is 32.2. The van der Waals surface area contributed by atoms with E-state index in [1.165, 1.54) is 0 Å². The fourth-order valence-electron chi connectivity index (χ4n) is 3.89. The van der Waals surface area contributed by atoms with Gasteiger partial charge in [-0.15, -0.1) is 0 Å². The molecule has 1 aromatic carbocycles. The van der Waals surface area contributed by atoms with E-state index in [2.05, 4.69) is 4.90 Å². The molecule has 2 fully saturated rings. The average molecular weight is 381 g/mol. The molecule has 1 aromatic rings. The first-order chi connectivity index (χ1) is 12.4. The smallest absolute Gasteiger partial charge is 0.242 e. The maximum Gasteiger partial charge on any atom is 0.242 e. The summed E-state index contributed by atoms with van der Waals surface area (Å²) in [5.74, 6) is 0.164. The van der Waals surface area contributed by atoms with Gasteiger partial charge in [-0.05, 0) is 12.1 Å². The van der Waals surface area contributed by atoms with Gasteiger partial charge in [-0.3, -0.25) is 9.69 Å². The number of fused-ring (bicyclic) bond motifs is 1. The van der Waals surface area contributed by atoms with Gasteiger partial charge in [0.2, 0.25) is 5.91 Å². The van der Waals surface area contributed by atoms with Gasteiger partial charge >= 0.3 is 0 Å². The van der Waals surface area contributed by atoms with Gasteiger partial charge in [-0.25, -0.2) is 8.42 Å². The number of nitrogens with zero attached hydrogens (tertiary/aromatic N) is 3. The fraction of sp³-hybridized carbons (Fsp3) is 0.611. The maximum absolute atomic E-state index is 12.9. The Kier molecular flexibility index (Phi) is 5.84. The van der Waals surface area contributed by atoms with Crippen LogP contribution in [0.25, 0.3) is 0 Å². The van der Waals surface area contributed by atoms with Crippen LogP contribution in [0.2, 0.25) is 0 Å². The summed E-state index contributed by atoms with van der Waals surface area (Å²) in [6, 6.07) is 9.33. The predicted molar refractivity (Wildman–Crippen MR) is 101 cm³/mol. The van der Waals surface area contributed by atoms with Crippen LogP contribution >= 0.6 is 0 Å².